The number of ether oxygens (including phenoxy) is 3. The molecule has 2 unspecified atom stereocenters. The van der Waals surface area contributed by atoms with E-state index in [-0.39, 0.29) is 24.9 Å². The average Bonchev–Trinajstić information content (AvgIpc) is 3.31. The van der Waals surface area contributed by atoms with Crippen LogP contribution in [0, 0.1) is 0 Å². The summed E-state index contributed by atoms with van der Waals surface area (Å²) in [5.41, 5.74) is 2.32. The Morgan fingerprint density at radius 3 is 2.05 bits per heavy atom. The molecule has 0 heterocycles. The van der Waals surface area contributed by atoms with Crippen molar-refractivity contribution in [1.82, 2.24) is 10.6 Å². The number of alkyl carbamates (subject to hydrolysis) is 2. The molecule has 0 aromatic heterocycles. The topological polar surface area (TPSA) is 103 Å². The maximum Gasteiger partial charge on any atom is 0.422 e. The molecule has 2 amide bonds. The quantitative estimate of drug-likeness (QED) is 0.0760. The van der Waals surface area contributed by atoms with E-state index in [0.717, 1.165) is 27.1 Å². The number of amides is 2. The van der Waals surface area contributed by atoms with E-state index in [1.807, 2.05) is 48.5 Å². The van der Waals surface area contributed by atoms with Gasteiger partial charge < -0.3 is 19.5 Å². The fourth-order valence-electron chi connectivity index (χ4n) is 4.28. The van der Waals surface area contributed by atoms with Gasteiger partial charge in [0.25, 0.3) is 0 Å². The molecule has 1 aliphatic rings. The third-order valence-corrected chi connectivity index (χ3v) is 9.08. The molecule has 0 saturated heterocycles. The summed E-state index contributed by atoms with van der Waals surface area (Å²) in [7, 11) is 3.83. The Bertz CT molecular complexity index is 1400. The van der Waals surface area contributed by atoms with Gasteiger partial charge in [0.05, 0.1) is 7.11 Å². The molecule has 0 saturated carbocycles. The highest BCUT2D eigenvalue weighted by molar-refractivity contribution is 8.76. The van der Waals surface area contributed by atoms with E-state index in [9.17, 15) is 27.6 Å². The smallest absolute Gasteiger partial charge is 0.422 e. The number of benzene rings is 3. The van der Waals surface area contributed by atoms with Gasteiger partial charge in [-0.05, 0) is 39.9 Å². The van der Waals surface area contributed by atoms with Crippen molar-refractivity contribution in [3.8, 4) is 11.1 Å². The van der Waals surface area contributed by atoms with Crippen LogP contribution in [0.2, 0.25) is 0 Å². The van der Waals surface area contributed by atoms with E-state index in [2.05, 4.69) is 5.32 Å². The van der Waals surface area contributed by atoms with Crippen molar-refractivity contribution in [3.05, 3.63) is 89.5 Å². The van der Waals surface area contributed by atoms with Gasteiger partial charge in [-0.15, -0.1) is 0 Å². The Hall–Kier alpha value is -3.55. The van der Waals surface area contributed by atoms with Crippen LogP contribution in [-0.2, 0) is 25.6 Å². The average molecular weight is 655 g/mol. The minimum absolute atomic E-state index is 0.0994. The fourth-order valence-corrected chi connectivity index (χ4v) is 6.53. The van der Waals surface area contributed by atoms with Crippen LogP contribution in [0.1, 0.15) is 22.6 Å². The molecule has 43 heavy (non-hydrogen) atoms. The van der Waals surface area contributed by atoms with E-state index in [0.29, 0.717) is 5.56 Å². The van der Waals surface area contributed by atoms with Crippen LogP contribution in [-0.4, -0.2) is 55.3 Å². The molecule has 2 atom stereocenters. The summed E-state index contributed by atoms with van der Waals surface area (Å²) in [5.74, 6) is -0.581. The molecular weight excluding hydrogens is 629 g/mol. The molecule has 1 aliphatic carbocycles. The lowest BCUT2D eigenvalue weighted by atomic mass is 9.98. The van der Waals surface area contributed by atoms with Gasteiger partial charge in [0.15, 0.2) is 0 Å². The lowest BCUT2D eigenvalue weighted by Crippen LogP contribution is -2.43. The number of esters is 1. The van der Waals surface area contributed by atoms with Crippen LogP contribution in [0.25, 0.3) is 11.1 Å². The van der Waals surface area contributed by atoms with Crippen molar-refractivity contribution in [1.29, 1.82) is 0 Å². The van der Waals surface area contributed by atoms with Crippen LogP contribution in [0.4, 0.5) is 22.8 Å². The van der Waals surface area contributed by atoms with Crippen LogP contribution >= 0.6 is 33.2 Å². The van der Waals surface area contributed by atoms with Crippen molar-refractivity contribution in [2.75, 3.05) is 19.5 Å². The first-order valence-corrected chi connectivity index (χ1v) is 15.5. The van der Waals surface area contributed by atoms with Gasteiger partial charge in [-0.25, -0.2) is 14.4 Å². The lowest BCUT2D eigenvalue weighted by Gasteiger charge is -2.18. The van der Waals surface area contributed by atoms with E-state index >= 15 is 0 Å². The zero-order valence-electron chi connectivity index (χ0n) is 22.6. The first-order chi connectivity index (χ1) is 20.6. The number of halogens is 4. The maximum absolute atomic E-state index is 12.7. The van der Waals surface area contributed by atoms with E-state index in [4.69, 9.17) is 25.8 Å². The molecule has 228 valence electrons. The first-order valence-electron chi connectivity index (χ1n) is 12.8. The Morgan fingerprint density at radius 2 is 1.47 bits per heavy atom. The van der Waals surface area contributed by atoms with Crippen molar-refractivity contribution in [2.24, 2.45) is 0 Å². The number of fused-ring (bicyclic) bond motifs is 3. The summed E-state index contributed by atoms with van der Waals surface area (Å²) < 4.78 is 52.4. The molecule has 0 bridgehead atoms. The molecule has 2 N–H and O–H groups in total. The fraction of sp³-hybridized carbons (Fsp3) is 0.276. The zero-order valence-corrected chi connectivity index (χ0v) is 24.9. The monoisotopic (exact) mass is 654 g/mol. The second kappa shape index (κ2) is 14.8. The molecule has 0 fully saturated rings. The molecule has 8 nitrogen and oxygen atoms in total. The van der Waals surface area contributed by atoms with Crippen molar-refractivity contribution < 1.29 is 41.8 Å². The third-order valence-electron chi connectivity index (χ3n) is 6.34. The predicted molar refractivity (Wildman–Crippen MR) is 158 cm³/mol. The summed E-state index contributed by atoms with van der Waals surface area (Å²) in [6.45, 7) is -0.165. The molecule has 3 aromatic rings. The van der Waals surface area contributed by atoms with E-state index in [1.54, 1.807) is 24.3 Å². The second-order valence-electron chi connectivity index (χ2n) is 9.18. The molecule has 0 radical (unpaired) electrons. The normalized spacial score (nSPS) is 13.7. The van der Waals surface area contributed by atoms with Crippen LogP contribution in [0.5, 0.6) is 0 Å². The van der Waals surface area contributed by atoms with Gasteiger partial charge in [0, 0.05) is 16.6 Å². The molecule has 14 heteroatoms. The van der Waals surface area contributed by atoms with Crippen LogP contribution < -0.4 is 10.6 Å². The number of nitrogens with one attached hydrogen (secondary N) is 2. The minimum Gasteiger partial charge on any atom is -0.467 e. The molecule has 4 rings (SSSR count). The number of hydrogen-bond donors (Lipinski definition) is 2. The summed E-state index contributed by atoms with van der Waals surface area (Å²) in [6, 6.07) is 21.6. The summed E-state index contributed by atoms with van der Waals surface area (Å²) in [5, 5.41) is 4.07. The number of hydrogen-bond acceptors (Lipinski definition) is 8. The predicted octanol–water partition coefficient (Wildman–Crippen LogP) is 6.86. The highest BCUT2D eigenvalue weighted by Gasteiger charge is 2.39. The Kier molecular flexibility index (Phi) is 11.1. The van der Waals surface area contributed by atoms with Crippen molar-refractivity contribution in [3.63, 3.8) is 0 Å². The Morgan fingerprint density at radius 1 is 0.884 bits per heavy atom. The van der Waals surface area contributed by atoms with Gasteiger partial charge >= 0.3 is 24.3 Å². The number of carbonyl (C=O) groups excluding carboxylic acids is 3. The Balaban J connectivity index is 1.24. The number of methoxy groups -OCH3 is 1. The maximum atomic E-state index is 12.7. The van der Waals surface area contributed by atoms with Crippen molar-refractivity contribution >= 4 is 51.3 Å². The molecule has 0 spiro atoms. The van der Waals surface area contributed by atoms with Gasteiger partial charge in [-0.1, -0.05) is 93.9 Å². The van der Waals surface area contributed by atoms with Gasteiger partial charge in [0.2, 0.25) is 5.50 Å². The van der Waals surface area contributed by atoms with Crippen LogP contribution in [0.15, 0.2) is 77.7 Å². The minimum atomic E-state index is -4.80. The molecule has 3 aromatic carbocycles. The summed E-state index contributed by atoms with van der Waals surface area (Å²) in [4.78, 5) is 37.3. The first kappa shape index (κ1) is 32.4. The largest absolute Gasteiger partial charge is 0.467 e. The van der Waals surface area contributed by atoms with Crippen molar-refractivity contribution in [2.45, 2.75) is 35.1 Å². The van der Waals surface area contributed by atoms with Gasteiger partial charge in [-0.3, -0.25) is 5.32 Å². The van der Waals surface area contributed by atoms with Crippen LogP contribution in [0.3, 0.4) is 0 Å². The standard InChI is InChI=1S/C29H26ClF3N2O6S2/c1-39-25(36)24(16-42-43-18-12-10-17(11-13-18)14-40-28(38)35-26(30)29(31,32)33)34-27(37)41-15-23-21-8-4-2-6-19(21)20-7-3-5-9-22(20)23/h2-13,23-24,26H,14-16H2,1H3,(H,34,37)(H,35,38). The van der Waals surface area contributed by atoms with E-state index < -0.39 is 35.9 Å². The number of carbonyl (C=O) groups is 3. The molecule has 0 aliphatic heterocycles. The molecular formula is C29H26ClF3N2O6S2. The number of rotatable bonds is 11. The Labute approximate surface area is 258 Å². The van der Waals surface area contributed by atoms with E-state index in [1.165, 1.54) is 34.0 Å². The summed E-state index contributed by atoms with van der Waals surface area (Å²) in [6.07, 6.45) is -6.84. The SMILES string of the molecule is COC(=O)C(CSSc1ccc(COC(=O)NC(Cl)C(F)(F)F)cc1)NC(=O)OCC1c2ccccc2-c2ccccc21. The highest BCUT2D eigenvalue weighted by atomic mass is 35.5. The third kappa shape index (κ3) is 8.74. The van der Waals surface area contributed by atoms with Gasteiger partial charge in [-0.2, -0.15) is 13.2 Å². The summed E-state index contributed by atoms with van der Waals surface area (Å²) >= 11 is 5.06. The number of alkyl halides is 4. The zero-order chi connectivity index (χ0) is 31.0. The highest BCUT2D eigenvalue weighted by Crippen LogP contribution is 2.44. The second-order valence-corrected chi connectivity index (χ2v) is 12.0. The lowest BCUT2D eigenvalue weighted by molar-refractivity contribution is -0.142. The van der Waals surface area contributed by atoms with Gasteiger partial charge in [0.1, 0.15) is 19.3 Å².